The van der Waals surface area contributed by atoms with Crippen molar-refractivity contribution in [3.05, 3.63) is 21.7 Å². The number of nitrogens with zero attached hydrogens (tertiary/aromatic N) is 1. The van der Waals surface area contributed by atoms with Gasteiger partial charge in [0.1, 0.15) is 10.7 Å². The number of thiazole rings is 1. The van der Waals surface area contributed by atoms with Crippen LogP contribution in [0.5, 0.6) is 0 Å². The Morgan fingerprint density at radius 2 is 2.28 bits per heavy atom. The summed E-state index contributed by atoms with van der Waals surface area (Å²) in [6.07, 6.45) is 0. The van der Waals surface area contributed by atoms with Gasteiger partial charge in [-0.1, -0.05) is 11.3 Å². The number of nitrogen functional groups attached to an aromatic ring is 1. The number of thiophene rings is 1. The van der Waals surface area contributed by atoms with Gasteiger partial charge in [0, 0.05) is 11.4 Å². The van der Waals surface area contributed by atoms with Gasteiger partial charge in [-0.25, -0.2) is 4.98 Å². The maximum Gasteiger partial charge on any atom is 0.269 e. The molecule has 1 amide bonds. The normalized spacial score (nSPS) is 10.6. The van der Waals surface area contributed by atoms with E-state index in [0.29, 0.717) is 10.0 Å². The topological polar surface area (TPSA) is 80.0 Å². The molecule has 5 nitrogen and oxygen atoms in total. The highest BCUT2D eigenvalue weighted by Crippen LogP contribution is 2.26. The molecule has 2 aromatic heterocycles. The van der Waals surface area contributed by atoms with Gasteiger partial charge in [0.15, 0.2) is 5.13 Å². The van der Waals surface area contributed by atoms with E-state index in [2.05, 4.69) is 15.6 Å². The van der Waals surface area contributed by atoms with Crippen molar-refractivity contribution in [2.45, 2.75) is 19.9 Å². The fraction of sp³-hybridized carbons (Fsp3) is 0.273. The van der Waals surface area contributed by atoms with Gasteiger partial charge in [-0.05, 0) is 25.3 Å². The number of nitrogens with one attached hydrogen (secondary N) is 2. The van der Waals surface area contributed by atoms with Crippen LogP contribution < -0.4 is 16.4 Å². The van der Waals surface area contributed by atoms with E-state index >= 15 is 0 Å². The van der Waals surface area contributed by atoms with Gasteiger partial charge < -0.3 is 16.4 Å². The minimum atomic E-state index is -0.222. The van der Waals surface area contributed by atoms with Crippen molar-refractivity contribution in [1.29, 1.82) is 0 Å². The van der Waals surface area contributed by atoms with Gasteiger partial charge in [0.05, 0.1) is 5.69 Å². The maximum atomic E-state index is 12.0. The summed E-state index contributed by atoms with van der Waals surface area (Å²) in [7, 11) is 0. The molecule has 96 valence electrons. The number of nitrogens with two attached hydrogens (primary N) is 1. The van der Waals surface area contributed by atoms with Crippen molar-refractivity contribution in [2.24, 2.45) is 0 Å². The predicted octanol–water partition coefficient (Wildman–Crippen LogP) is 2.86. The lowest BCUT2D eigenvalue weighted by molar-refractivity contribution is 0.103. The Morgan fingerprint density at radius 1 is 1.50 bits per heavy atom. The zero-order chi connectivity index (χ0) is 13.1. The SMILES string of the molecule is CC(C)Nc1nc(N)c(C(=O)Nc2ccsc2)s1. The van der Waals surface area contributed by atoms with Crippen LogP contribution in [0.3, 0.4) is 0 Å². The Bertz CT molecular complexity index is 533. The van der Waals surface area contributed by atoms with Crippen LogP contribution >= 0.6 is 22.7 Å². The molecule has 0 unspecified atom stereocenters. The number of amides is 1. The second-order valence-electron chi connectivity index (χ2n) is 4.00. The molecule has 0 aromatic carbocycles. The fourth-order valence-electron chi connectivity index (χ4n) is 1.33. The Morgan fingerprint density at radius 3 is 2.89 bits per heavy atom. The summed E-state index contributed by atoms with van der Waals surface area (Å²) >= 11 is 2.79. The summed E-state index contributed by atoms with van der Waals surface area (Å²) in [5.74, 6) is 0.0380. The van der Waals surface area contributed by atoms with E-state index in [1.165, 1.54) is 22.7 Å². The van der Waals surface area contributed by atoms with Crippen molar-refractivity contribution >= 4 is 45.2 Å². The number of anilines is 3. The lowest BCUT2D eigenvalue weighted by atomic mass is 10.4. The first kappa shape index (κ1) is 12.8. The van der Waals surface area contributed by atoms with Crippen LogP contribution in [0, 0.1) is 0 Å². The Labute approximate surface area is 113 Å². The molecule has 7 heteroatoms. The molecule has 0 aliphatic rings. The summed E-state index contributed by atoms with van der Waals surface area (Å²) in [5, 5.41) is 10.3. The smallest absolute Gasteiger partial charge is 0.269 e. The van der Waals surface area contributed by atoms with Crippen LogP contribution in [0.1, 0.15) is 23.5 Å². The first-order valence-electron chi connectivity index (χ1n) is 5.42. The van der Waals surface area contributed by atoms with E-state index in [9.17, 15) is 4.79 Å². The molecule has 0 radical (unpaired) electrons. The Balaban J connectivity index is 2.12. The third-order valence-corrected chi connectivity index (χ3v) is 3.74. The molecular weight excluding hydrogens is 268 g/mol. The van der Waals surface area contributed by atoms with Gasteiger partial charge in [0.25, 0.3) is 5.91 Å². The lowest BCUT2D eigenvalue weighted by Crippen LogP contribution is -2.11. The molecule has 0 atom stereocenters. The summed E-state index contributed by atoms with van der Waals surface area (Å²) < 4.78 is 0. The van der Waals surface area contributed by atoms with E-state index in [-0.39, 0.29) is 17.8 Å². The third kappa shape index (κ3) is 2.99. The average molecular weight is 282 g/mol. The Kier molecular flexibility index (Phi) is 3.83. The Hall–Kier alpha value is -1.60. The predicted molar refractivity (Wildman–Crippen MR) is 77.6 cm³/mol. The third-order valence-electron chi connectivity index (χ3n) is 2.05. The quantitative estimate of drug-likeness (QED) is 0.805. The zero-order valence-corrected chi connectivity index (χ0v) is 11.7. The van der Waals surface area contributed by atoms with Gasteiger partial charge in [-0.15, -0.1) is 0 Å². The molecule has 18 heavy (non-hydrogen) atoms. The van der Waals surface area contributed by atoms with Crippen molar-refractivity contribution in [3.63, 3.8) is 0 Å². The zero-order valence-electron chi connectivity index (χ0n) is 10.1. The van der Waals surface area contributed by atoms with Gasteiger partial charge in [-0.3, -0.25) is 4.79 Å². The second kappa shape index (κ2) is 5.36. The molecule has 0 bridgehead atoms. The van der Waals surface area contributed by atoms with Gasteiger partial charge in [-0.2, -0.15) is 11.3 Å². The highest BCUT2D eigenvalue weighted by atomic mass is 32.1. The number of aromatic nitrogens is 1. The summed E-state index contributed by atoms with van der Waals surface area (Å²) in [6.45, 7) is 4.01. The highest BCUT2D eigenvalue weighted by Gasteiger charge is 2.16. The minimum absolute atomic E-state index is 0.222. The fourth-order valence-corrected chi connectivity index (χ4v) is 2.84. The molecule has 2 aromatic rings. The van der Waals surface area contributed by atoms with Crippen molar-refractivity contribution in [1.82, 2.24) is 4.98 Å². The number of hydrogen-bond acceptors (Lipinski definition) is 6. The molecule has 2 heterocycles. The number of hydrogen-bond donors (Lipinski definition) is 3. The van der Waals surface area contributed by atoms with E-state index < -0.39 is 0 Å². The van der Waals surface area contributed by atoms with E-state index in [1.54, 1.807) is 0 Å². The molecule has 0 saturated carbocycles. The van der Waals surface area contributed by atoms with E-state index in [4.69, 9.17) is 5.73 Å². The van der Waals surface area contributed by atoms with Crippen molar-refractivity contribution in [2.75, 3.05) is 16.4 Å². The van der Waals surface area contributed by atoms with Gasteiger partial charge in [0.2, 0.25) is 0 Å². The van der Waals surface area contributed by atoms with Crippen LogP contribution in [0.15, 0.2) is 16.8 Å². The number of carbonyl (C=O) groups is 1. The van der Waals surface area contributed by atoms with Crippen molar-refractivity contribution < 1.29 is 4.79 Å². The summed E-state index contributed by atoms with van der Waals surface area (Å²) in [5.41, 5.74) is 6.52. The van der Waals surface area contributed by atoms with Gasteiger partial charge >= 0.3 is 0 Å². The molecule has 0 aliphatic heterocycles. The maximum absolute atomic E-state index is 12.0. The summed E-state index contributed by atoms with van der Waals surface area (Å²) in [4.78, 5) is 16.6. The molecule has 4 N–H and O–H groups in total. The molecule has 0 aliphatic carbocycles. The average Bonchev–Trinajstić information content (AvgIpc) is 2.87. The van der Waals surface area contributed by atoms with E-state index in [1.807, 2.05) is 30.7 Å². The first-order valence-corrected chi connectivity index (χ1v) is 7.18. The van der Waals surface area contributed by atoms with Crippen LogP contribution in [-0.4, -0.2) is 16.9 Å². The minimum Gasteiger partial charge on any atom is -0.382 e. The van der Waals surface area contributed by atoms with Crippen LogP contribution in [0.4, 0.5) is 16.6 Å². The highest BCUT2D eigenvalue weighted by molar-refractivity contribution is 7.18. The largest absolute Gasteiger partial charge is 0.382 e. The first-order chi connectivity index (χ1) is 8.56. The lowest BCUT2D eigenvalue weighted by Gasteiger charge is -2.04. The van der Waals surface area contributed by atoms with Crippen molar-refractivity contribution in [3.8, 4) is 0 Å². The van der Waals surface area contributed by atoms with E-state index in [0.717, 1.165) is 5.69 Å². The molecule has 0 spiro atoms. The summed E-state index contributed by atoms with van der Waals surface area (Å²) in [6, 6.07) is 2.09. The van der Waals surface area contributed by atoms with Crippen LogP contribution in [-0.2, 0) is 0 Å². The molecule has 0 saturated heterocycles. The molecular formula is C11H14N4OS2. The van der Waals surface area contributed by atoms with Crippen LogP contribution in [0.2, 0.25) is 0 Å². The number of rotatable bonds is 4. The molecule has 0 fully saturated rings. The monoisotopic (exact) mass is 282 g/mol. The standard InChI is InChI=1S/C11H14N4OS2/c1-6(2)13-11-15-9(12)8(18-11)10(16)14-7-3-4-17-5-7/h3-6H,12H2,1-2H3,(H,13,15)(H,14,16). The number of carbonyl (C=O) groups excluding carboxylic acids is 1. The molecule has 2 rings (SSSR count). The van der Waals surface area contributed by atoms with Crippen LogP contribution in [0.25, 0.3) is 0 Å². The second-order valence-corrected chi connectivity index (χ2v) is 5.78.